The van der Waals surface area contributed by atoms with Crippen LogP contribution in [-0.4, -0.2) is 37.5 Å². The van der Waals surface area contributed by atoms with Gasteiger partial charge in [0.1, 0.15) is 12.8 Å². The first kappa shape index (κ1) is 16.4. The highest BCUT2D eigenvalue weighted by molar-refractivity contribution is 7.85. The zero-order valence-corrected chi connectivity index (χ0v) is 11.5. The zero-order chi connectivity index (χ0) is 15.0. The summed E-state index contributed by atoms with van der Waals surface area (Å²) in [6.45, 7) is -0.308. The van der Waals surface area contributed by atoms with E-state index in [2.05, 4.69) is 5.32 Å². The quantitative estimate of drug-likeness (QED) is 0.745. The lowest BCUT2D eigenvalue weighted by Gasteiger charge is -2.09. The molecule has 0 spiro atoms. The van der Waals surface area contributed by atoms with E-state index < -0.39 is 34.6 Å². The van der Waals surface area contributed by atoms with Gasteiger partial charge in [-0.1, -0.05) is 30.3 Å². The summed E-state index contributed by atoms with van der Waals surface area (Å²) >= 11 is 0. The number of rotatable bonds is 7. The fourth-order valence-corrected chi connectivity index (χ4v) is 1.90. The molecule has 112 valence electrons. The first-order valence-corrected chi connectivity index (χ1v) is 7.51. The van der Waals surface area contributed by atoms with Crippen LogP contribution in [0.2, 0.25) is 0 Å². The monoisotopic (exact) mass is 305 g/mol. The number of hydrogen-bond donors (Lipinski definition) is 2. The summed E-state index contributed by atoms with van der Waals surface area (Å²) in [5, 5.41) is 2.18. The van der Waals surface area contributed by atoms with Gasteiger partial charge in [0.15, 0.2) is 0 Å². The Hall–Kier alpha value is -1.67. The summed E-state index contributed by atoms with van der Waals surface area (Å²) in [6, 6.07) is 8.97. The van der Waals surface area contributed by atoms with Crippen molar-refractivity contribution >= 4 is 16.2 Å². The highest BCUT2D eigenvalue weighted by atomic mass is 32.2. The molecule has 1 amide bonds. The molecule has 0 saturated carbocycles. The van der Waals surface area contributed by atoms with Gasteiger partial charge in [-0.05, 0) is 12.0 Å². The van der Waals surface area contributed by atoms with Crippen molar-refractivity contribution in [1.29, 1.82) is 0 Å². The topological polar surface area (TPSA) is 92.7 Å². The van der Waals surface area contributed by atoms with Crippen LogP contribution in [0.1, 0.15) is 12.0 Å². The van der Waals surface area contributed by atoms with Crippen LogP contribution in [0.25, 0.3) is 0 Å². The highest BCUT2D eigenvalue weighted by Crippen LogP contribution is 2.02. The molecule has 1 atom stereocenters. The summed E-state index contributed by atoms with van der Waals surface area (Å²) in [5.41, 5.74) is 0.797. The highest BCUT2D eigenvalue weighted by Gasteiger charge is 2.13. The number of amides is 1. The van der Waals surface area contributed by atoms with Crippen molar-refractivity contribution in [2.75, 3.05) is 12.3 Å². The van der Waals surface area contributed by atoms with E-state index >= 15 is 0 Å². The van der Waals surface area contributed by atoms with Crippen LogP contribution in [0, 0.1) is 0 Å². The Morgan fingerprint density at radius 2 is 2.00 bits per heavy atom. The van der Waals surface area contributed by atoms with Gasteiger partial charge in [-0.25, -0.2) is 9.18 Å². The van der Waals surface area contributed by atoms with Gasteiger partial charge < -0.3 is 10.1 Å². The van der Waals surface area contributed by atoms with Crippen LogP contribution < -0.4 is 5.32 Å². The van der Waals surface area contributed by atoms with Crippen molar-refractivity contribution < 1.29 is 26.9 Å². The molecule has 1 aromatic carbocycles. The van der Waals surface area contributed by atoms with Crippen LogP contribution in [-0.2, 0) is 21.5 Å². The van der Waals surface area contributed by atoms with Gasteiger partial charge in [-0.15, -0.1) is 0 Å². The normalized spacial score (nSPS) is 12.7. The van der Waals surface area contributed by atoms with E-state index in [-0.39, 0.29) is 13.2 Å². The van der Waals surface area contributed by atoms with E-state index in [1.54, 1.807) is 24.3 Å². The summed E-state index contributed by atoms with van der Waals surface area (Å²) < 4.78 is 47.3. The molecule has 0 aromatic heterocycles. The van der Waals surface area contributed by atoms with E-state index in [1.807, 2.05) is 6.07 Å². The number of alkyl carbamates (subject to hydrolysis) is 1. The third kappa shape index (κ3) is 7.70. The molecule has 2 N–H and O–H groups in total. The molecule has 0 bridgehead atoms. The molecule has 0 aliphatic heterocycles. The molecule has 1 aromatic rings. The Balaban J connectivity index is 2.19. The van der Waals surface area contributed by atoms with E-state index in [0.717, 1.165) is 5.56 Å². The lowest BCUT2D eigenvalue weighted by Crippen LogP contribution is -2.31. The predicted molar refractivity (Wildman–Crippen MR) is 70.6 cm³/mol. The van der Waals surface area contributed by atoms with Crippen molar-refractivity contribution in [3.05, 3.63) is 35.9 Å². The molecule has 0 fully saturated rings. The number of carbonyl (C=O) groups is 1. The average Bonchev–Trinajstić information content (AvgIpc) is 2.41. The molecule has 0 heterocycles. The van der Waals surface area contributed by atoms with Gasteiger partial charge in [0.2, 0.25) is 0 Å². The Labute approximate surface area is 116 Å². The maximum absolute atomic E-state index is 13.2. The Morgan fingerprint density at radius 3 is 2.60 bits per heavy atom. The standard InChI is InChI=1S/C12H16FNO5S/c13-11(6-7-20(16,17)18)8-14-12(15)19-9-10-4-2-1-3-5-10/h1-5,11H,6-9H2,(H,14,15)(H,16,17,18)/t11-/m0/s1. The van der Waals surface area contributed by atoms with Crippen LogP contribution in [0.15, 0.2) is 30.3 Å². The van der Waals surface area contributed by atoms with Gasteiger partial charge in [0.25, 0.3) is 10.1 Å². The Kier molecular flexibility index (Phi) is 6.40. The van der Waals surface area contributed by atoms with Gasteiger partial charge in [0.05, 0.1) is 12.3 Å². The van der Waals surface area contributed by atoms with Crippen molar-refractivity contribution in [2.24, 2.45) is 0 Å². The number of alkyl halides is 1. The van der Waals surface area contributed by atoms with Crippen molar-refractivity contribution in [1.82, 2.24) is 5.32 Å². The summed E-state index contributed by atoms with van der Waals surface area (Å²) in [7, 11) is -4.19. The molecular weight excluding hydrogens is 289 g/mol. The smallest absolute Gasteiger partial charge is 0.407 e. The van der Waals surface area contributed by atoms with Gasteiger partial charge in [0, 0.05) is 0 Å². The third-order valence-electron chi connectivity index (χ3n) is 2.37. The van der Waals surface area contributed by atoms with Crippen LogP contribution in [0.4, 0.5) is 9.18 Å². The van der Waals surface area contributed by atoms with Gasteiger partial charge in [-0.3, -0.25) is 4.55 Å². The predicted octanol–water partition coefficient (Wildman–Crippen LogP) is 1.53. The maximum Gasteiger partial charge on any atom is 0.407 e. The molecule has 8 heteroatoms. The van der Waals surface area contributed by atoms with E-state index in [1.165, 1.54) is 0 Å². The molecule has 20 heavy (non-hydrogen) atoms. The van der Waals surface area contributed by atoms with E-state index in [9.17, 15) is 17.6 Å². The summed E-state index contributed by atoms with van der Waals surface area (Å²) in [6.07, 6.45) is -2.75. The number of hydrogen-bond acceptors (Lipinski definition) is 4. The van der Waals surface area contributed by atoms with Crippen molar-refractivity contribution in [2.45, 2.75) is 19.2 Å². The van der Waals surface area contributed by atoms with Crippen LogP contribution >= 0.6 is 0 Å². The molecular formula is C12H16FNO5S. The van der Waals surface area contributed by atoms with Gasteiger partial charge >= 0.3 is 6.09 Å². The fourth-order valence-electron chi connectivity index (χ4n) is 1.35. The van der Waals surface area contributed by atoms with Crippen LogP contribution in [0.5, 0.6) is 0 Å². The second-order valence-electron chi connectivity index (χ2n) is 4.11. The molecule has 0 radical (unpaired) electrons. The number of benzene rings is 1. The minimum absolute atomic E-state index is 0.0641. The summed E-state index contributed by atoms with van der Waals surface area (Å²) in [5.74, 6) is -0.686. The fraction of sp³-hybridized carbons (Fsp3) is 0.417. The molecule has 0 unspecified atom stereocenters. The maximum atomic E-state index is 13.2. The van der Waals surface area contributed by atoms with Gasteiger partial charge in [-0.2, -0.15) is 8.42 Å². The van der Waals surface area contributed by atoms with Crippen LogP contribution in [0.3, 0.4) is 0 Å². The second kappa shape index (κ2) is 7.81. The Bertz CT molecular complexity index is 520. The first-order chi connectivity index (χ1) is 9.37. The first-order valence-electron chi connectivity index (χ1n) is 5.90. The number of ether oxygens (including phenoxy) is 1. The Morgan fingerprint density at radius 1 is 1.35 bits per heavy atom. The molecule has 0 aliphatic rings. The van der Waals surface area contributed by atoms with Crippen molar-refractivity contribution in [3.8, 4) is 0 Å². The summed E-state index contributed by atoms with van der Waals surface area (Å²) in [4.78, 5) is 11.3. The number of carbonyl (C=O) groups excluding carboxylic acids is 1. The molecule has 1 rings (SSSR count). The molecule has 0 aliphatic carbocycles. The largest absolute Gasteiger partial charge is 0.445 e. The minimum atomic E-state index is -4.19. The molecule has 6 nitrogen and oxygen atoms in total. The van der Waals surface area contributed by atoms with Crippen molar-refractivity contribution in [3.63, 3.8) is 0 Å². The number of nitrogens with one attached hydrogen (secondary N) is 1. The lowest BCUT2D eigenvalue weighted by molar-refractivity contribution is 0.136. The second-order valence-corrected chi connectivity index (χ2v) is 5.69. The lowest BCUT2D eigenvalue weighted by atomic mass is 10.2. The van der Waals surface area contributed by atoms with E-state index in [0.29, 0.717) is 0 Å². The minimum Gasteiger partial charge on any atom is -0.445 e. The SMILES string of the molecule is O=C(NC[C@@H](F)CCS(=O)(=O)O)OCc1ccccc1. The molecule has 0 saturated heterocycles. The van der Waals surface area contributed by atoms with E-state index in [4.69, 9.17) is 9.29 Å². The third-order valence-corrected chi connectivity index (χ3v) is 3.12. The number of halogens is 1. The zero-order valence-electron chi connectivity index (χ0n) is 10.7. The average molecular weight is 305 g/mol.